The first-order valence-corrected chi connectivity index (χ1v) is 9.30. The smallest absolute Gasteiger partial charge is 0.0469 e. The van der Waals surface area contributed by atoms with Crippen molar-refractivity contribution in [1.29, 1.82) is 0 Å². The van der Waals surface area contributed by atoms with Gasteiger partial charge in [0.05, 0.1) is 0 Å². The summed E-state index contributed by atoms with van der Waals surface area (Å²) in [5.41, 5.74) is 1.55. The molecule has 134 valence electrons. The van der Waals surface area contributed by atoms with Crippen molar-refractivity contribution in [3.8, 4) is 0 Å². The molecule has 6 heteroatoms. The lowest BCUT2D eigenvalue weighted by Gasteiger charge is -2.41. The van der Waals surface area contributed by atoms with Crippen LogP contribution in [0.5, 0.6) is 0 Å². The third-order valence-electron chi connectivity index (χ3n) is 5.09. The van der Waals surface area contributed by atoms with E-state index in [9.17, 15) is 0 Å². The molecule has 4 rings (SSSR count). The zero-order valence-corrected chi connectivity index (χ0v) is 16.2. The van der Waals surface area contributed by atoms with Gasteiger partial charge in [-0.3, -0.25) is 4.90 Å². The average molecular weight is 389 g/mol. The number of ether oxygens (including phenoxy) is 1. The highest BCUT2D eigenvalue weighted by molar-refractivity contribution is 7.17. The fourth-order valence-corrected chi connectivity index (χ4v) is 4.96. The lowest BCUT2D eigenvalue weighted by Crippen LogP contribution is -2.47. The van der Waals surface area contributed by atoms with Crippen LogP contribution in [0.4, 0.5) is 0 Å². The summed E-state index contributed by atoms with van der Waals surface area (Å²) >= 11 is 1.90. The Balaban J connectivity index is 0.00000104. The van der Waals surface area contributed by atoms with E-state index in [1.807, 2.05) is 11.3 Å². The van der Waals surface area contributed by atoms with Crippen LogP contribution in [0.25, 0.3) is 10.1 Å². The molecule has 0 radical (unpaired) electrons. The van der Waals surface area contributed by atoms with Gasteiger partial charge in [0, 0.05) is 50.1 Å². The molecule has 0 spiro atoms. The van der Waals surface area contributed by atoms with E-state index in [1.54, 1.807) is 5.56 Å². The summed E-state index contributed by atoms with van der Waals surface area (Å²) in [5, 5.41) is 7.36. The molecule has 2 aromatic rings. The number of fused-ring (bicyclic) bond motifs is 1. The summed E-state index contributed by atoms with van der Waals surface area (Å²) in [6, 6.07) is 9.44. The van der Waals surface area contributed by atoms with Crippen molar-refractivity contribution < 1.29 is 4.74 Å². The lowest BCUT2D eigenvalue weighted by molar-refractivity contribution is 0.0218. The minimum atomic E-state index is 0. The van der Waals surface area contributed by atoms with Crippen LogP contribution in [-0.2, 0) is 4.74 Å². The molecule has 2 aliphatic heterocycles. The van der Waals surface area contributed by atoms with Gasteiger partial charge in [-0.1, -0.05) is 18.2 Å². The molecule has 3 nitrogen and oxygen atoms in total. The second-order valence-corrected chi connectivity index (χ2v) is 7.28. The number of rotatable bonds is 3. The number of halogens is 2. The summed E-state index contributed by atoms with van der Waals surface area (Å²) in [6.07, 6.45) is 2.39. The number of piperazine rings is 1. The maximum atomic E-state index is 5.61. The van der Waals surface area contributed by atoms with Crippen LogP contribution in [0, 0.1) is 5.92 Å². The number of nitrogens with one attached hydrogen (secondary N) is 1. The van der Waals surface area contributed by atoms with E-state index in [-0.39, 0.29) is 24.8 Å². The maximum Gasteiger partial charge on any atom is 0.0469 e. The van der Waals surface area contributed by atoms with Gasteiger partial charge in [0.1, 0.15) is 0 Å². The standard InChI is InChI=1S/C18H24N2OS.2ClH/c1-2-4-17-15(3-1)16(13-22-17)18(14-5-11-21-12-6-14)20-9-7-19-8-10-20;;/h1-4,13-14,18-19H,5-12H2;2*1H/t18-;;/m1../s1. The molecule has 1 aromatic heterocycles. The van der Waals surface area contributed by atoms with Crippen molar-refractivity contribution >= 4 is 46.2 Å². The highest BCUT2D eigenvalue weighted by Gasteiger charge is 2.32. The molecule has 0 bridgehead atoms. The van der Waals surface area contributed by atoms with Gasteiger partial charge in [-0.15, -0.1) is 36.2 Å². The number of benzene rings is 1. The number of hydrogen-bond donors (Lipinski definition) is 1. The molecule has 0 amide bonds. The molecule has 1 aromatic carbocycles. The summed E-state index contributed by atoms with van der Waals surface area (Å²) in [6.45, 7) is 6.40. The fourth-order valence-electron chi connectivity index (χ4n) is 3.97. The van der Waals surface area contributed by atoms with Gasteiger partial charge in [-0.05, 0) is 41.2 Å². The molecule has 1 atom stereocenters. The first kappa shape index (κ1) is 20.0. The minimum Gasteiger partial charge on any atom is -0.381 e. The molecule has 24 heavy (non-hydrogen) atoms. The number of thiophene rings is 1. The Morgan fingerprint density at radius 1 is 1.08 bits per heavy atom. The SMILES string of the molecule is Cl.Cl.c1ccc2c([C@@H](C3CCOCC3)N3CCNCC3)csc2c1. The highest BCUT2D eigenvalue weighted by Crippen LogP contribution is 2.40. The average Bonchev–Trinajstić information content (AvgIpc) is 3.01. The Labute approximate surface area is 160 Å². The first-order chi connectivity index (χ1) is 10.9. The van der Waals surface area contributed by atoms with E-state index >= 15 is 0 Å². The minimum absolute atomic E-state index is 0. The second kappa shape index (κ2) is 9.37. The molecule has 0 saturated carbocycles. The molecule has 0 aliphatic carbocycles. The topological polar surface area (TPSA) is 24.5 Å². The normalized spacial score (nSPS) is 21.0. The van der Waals surface area contributed by atoms with Crippen LogP contribution in [-0.4, -0.2) is 44.3 Å². The van der Waals surface area contributed by atoms with Gasteiger partial charge in [-0.25, -0.2) is 0 Å². The Kier molecular flexibility index (Phi) is 7.79. The molecular weight excluding hydrogens is 363 g/mol. The monoisotopic (exact) mass is 388 g/mol. The highest BCUT2D eigenvalue weighted by atomic mass is 35.5. The van der Waals surface area contributed by atoms with Crippen LogP contribution in [0.1, 0.15) is 24.4 Å². The van der Waals surface area contributed by atoms with Crippen molar-refractivity contribution in [3.05, 3.63) is 35.2 Å². The third kappa shape index (κ3) is 4.06. The zero-order valence-electron chi connectivity index (χ0n) is 13.8. The summed E-state index contributed by atoms with van der Waals surface area (Å²) in [5.74, 6) is 0.727. The van der Waals surface area contributed by atoms with E-state index < -0.39 is 0 Å². The second-order valence-electron chi connectivity index (χ2n) is 6.37. The van der Waals surface area contributed by atoms with Gasteiger partial charge < -0.3 is 10.1 Å². The predicted molar refractivity (Wildman–Crippen MR) is 107 cm³/mol. The van der Waals surface area contributed by atoms with Crippen molar-refractivity contribution in [3.63, 3.8) is 0 Å². The van der Waals surface area contributed by atoms with Crippen LogP contribution in [0.3, 0.4) is 0 Å². The number of hydrogen-bond acceptors (Lipinski definition) is 4. The zero-order chi connectivity index (χ0) is 14.8. The first-order valence-electron chi connectivity index (χ1n) is 8.42. The lowest BCUT2D eigenvalue weighted by atomic mass is 9.85. The Morgan fingerprint density at radius 3 is 2.54 bits per heavy atom. The van der Waals surface area contributed by atoms with E-state index in [0.717, 1.165) is 45.3 Å². The van der Waals surface area contributed by atoms with Gasteiger partial charge >= 0.3 is 0 Å². The summed E-state index contributed by atoms with van der Waals surface area (Å²) < 4.78 is 7.03. The largest absolute Gasteiger partial charge is 0.381 e. The van der Waals surface area contributed by atoms with E-state index in [0.29, 0.717) is 6.04 Å². The van der Waals surface area contributed by atoms with E-state index in [4.69, 9.17) is 4.74 Å². The predicted octanol–water partition coefficient (Wildman–Crippen LogP) is 4.12. The van der Waals surface area contributed by atoms with Crippen molar-refractivity contribution in [1.82, 2.24) is 10.2 Å². The number of nitrogens with zero attached hydrogens (tertiary/aromatic N) is 1. The Morgan fingerprint density at radius 2 is 1.79 bits per heavy atom. The molecule has 2 fully saturated rings. The van der Waals surface area contributed by atoms with Crippen LogP contribution >= 0.6 is 36.2 Å². The van der Waals surface area contributed by atoms with Gasteiger partial charge in [0.25, 0.3) is 0 Å². The van der Waals surface area contributed by atoms with Gasteiger partial charge in [0.2, 0.25) is 0 Å². The van der Waals surface area contributed by atoms with Gasteiger partial charge in [-0.2, -0.15) is 0 Å². The summed E-state index contributed by atoms with van der Waals surface area (Å²) in [4.78, 5) is 2.71. The van der Waals surface area contributed by atoms with Gasteiger partial charge in [0.15, 0.2) is 0 Å². The van der Waals surface area contributed by atoms with Crippen molar-refractivity contribution in [2.24, 2.45) is 5.92 Å². The molecule has 3 heterocycles. The Hall–Kier alpha value is -0.360. The van der Waals surface area contributed by atoms with Crippen LogP contribution in [0.2, 0.25) is 0 Å². The molecule has 1 N–H and O–H groups in total. The van der Waals surface area contributed by atoms with Crippen molar-refractivity contribution in [2.45, 2.75) is 18.9 Å². The molecule has 2 aliphatic rings. The molecule has 2 saturated heterocycles. The van der Waals surface area contributed by atoms with E-state index in [2.05, 4.69) is 39.9 Å². The maximum absolute atomic E-state index is 5.61. The molecular formula is C18H26Cl2N2OS. The Bertz CT molecular complexity index is 606. The summed E-state index contributed by atoms with van der Waals surface area (Å²) in [7, 11) is 0. The third-order valence-corrected chi connectivity index (χ3v) is 6.07. The molecule has 0 unspecified atom stereocenters. The van der Waals surface area contributed by atoms with Crippen LogP contribution in [0.15, 0.2) is 29.6 Å². The van der Waals surface area contributed by atoms with Crippen molar-refractivity contribution in [2.75, 3.05) is 39.4 Å². The van der Waals surface area contributed by atoms with Crippen LogP contribution < -0.4 is 5.32 Å². The van der Waals surface area contributed by atoms with E-state index in [1.165, 1.54) is 22.9 Å². The quantitative estimate of drug-likeness (QED) is 0.855. The fraction of sp³-hybridized carbons (Fsp3) is 0.556.